The van der Waals surface area contributed by atoms with E-state index in [1.54, 1.807) is 41.9 Å². The number of thiophene rings is 1. The number of pyridine rings is 1. The first-order valence-corrected chi connectivity index (χ1v) is 7.55. The molecule has 1 unspecified atom stereocenters. The topological polar surface area (TPSA) is 73.1 Å². The lowest BCUT2D eigenvalue weighted by atomic mass is 10.2. The van der Waals surface area contributed by atoms with Gasteiger partial charge in [-0.2, -0.15) is 0 Å². The number of hydrogen-bond acceptors (Lipinski definition) is 5. The standard InChI is InChI=1S/C11H12N2O2S2/c12-9(10-4-1-2-6-13-10)8-17(14,15)11-5-3-7-16-11/h1-7,9H,8,12H2. The second-order valence-electron chi connectivity index (χ2n) is 3.57. The Morgan fingerprint density at radius 1 is 1.29 bits per heavy atom. The number of rotatable bonds is 4. The highest BCUT2D eigenvalue weighted by molar-refractivity contribution is 7.93. The van der Waals surface area contributed by atoms with Gasteiger partial charge in [0.05, 0.1) is 17.5 Å². The van der Waals surface area contributed by atoms with Crippen molar-refractivity contribution in [2.75, 3.05) is 5.75 Å². The first kappa shape index (κ1) is 12.2. The van der Waals surface area contributed by atoms with Crippen molar-refractivity contribution in [3.8, 4) is 0 Å². The molecule has 0 saturated carbocycles. The van der Waals surface area contributed by atoms with Crippen LogP contribution in [0.4, 0.5) is 0 Å². The van der Waals surface area contributed by atoms with Crippen LogP contribution >= 0.6 is 11.3 Å². The molecule has 0 radical (unpaired) electrons. The van der Waals surface area contributed by atoms with E-state index in [0.29, 0.717) is 9.90 Å². The molecule has 0 aliphatic rings. The molecular formula is C11H12N2O2S2. The predicted molar refractivity (Wildman–Crippen MR) is 67.5 cm³/mol. The van der Waals surface area contributed by atoms with Gasteiger partial charge < -0.3 is 5.73 Å². The van der Waals surface area contributed by atoms with Crippen LogP contribution in [-0.4, -0.2) is 19.2 Å². The monoisotopic (exact) mass is 268 g/mol. The third-order valence-electron chi connectivity index (χ3n) is 2.27. The molecule has 2 N–H and O–H groups in total. The van der Waals surface area contributed by atoms with Gasteiger partial charge in [0.25, 0.3) is 0 Å². The zero-order valence-corrected chi connectivity index (χ0v) is 10.6. The normalized spacial score (nSPS) is 13.5. The van der Waals surface area contributed by atoms with Gasteiger partial charge in [-0.15, -0.1) is 11.3 Å². The molecule has 4 nitrogen and oxygen atoms in total. The Bertz CT molecular complexity index is 565. The van der Waals surface area contributed by atoms with E-state index in [1.807, 2.05) is 0 Å². The number of sulfone groups is 1. The van der Waals surface area contributed by atoms with Gasteiger partial charge in [0.1, 0.15) is 4.21 Å². The van der Waals surface area contributed by atoms with E-state index in [-0.39, 0.29) is 5.75 Å². The first-order chi connectivity index (χ1) is 8.09. The summed E-state index contributed by atoms with van der Waals surface area (Å²) in [7, 11) is -3.31. The first-order valence-electron chi connectivity index (χ1n) is 5.02. The minimum Gasteiger partial charge on any atom is -0.322 e. The summed E-state index contributed by atoms with van der Waals surface area (Å²) in [6.07, 6.45) is 1.60. The summed E-state index contributed by atoms with van der Waals surface area (Å²) in [5.41, 5.74) is 6.44. The predicted octanol–water partition coefficient (Wildman–Crippen LogP) is 1.62. The number of nitrogens with two attached hydrogens (primary N) is 1. The zero-order chi connectivity index (χ0) is 12.3. The molecular weight excluding hydrogens is 256 g/mol. The van der Waals surface area contributed by atoms with Gasteiger partial charge in [0, 0.05) is 6.20 Å². The van der Waals surface area contributed by atoms with Gasteiger partial charge in [0.15, 0.2) is 9.84 Å². The van der Waals surface area contributed by atoms with Crippen molar-refractivity contribution in [1.29, 1.82) is 0 Å². The van der Waals surface area contributed by atoms with Crippen LogP contribution in [0.15, 0.2) is 46.1 Å². The van der Waals surface area contributed by atoms with Crippen molar-refractivity contribution < 1.29 is 8.42 Å². The fourth-order valence-corrected chi connectivity index (χ4v) is 3.94. The van der Waals surface area contributed by atoms with Crippen molar-refractivity contribution in [1.82, 2.24) is 4.98 Å². The maximum atomic E-state index is 12.0. The highest BCUT2D eigenvalue weighted by atomic mass is 32.2. The van der Waals surface area contributed by atoms with E-state index in [9.17, 15) is 8.42 Å². The van der Waals surface area contributed by atoms with E-state index in [0.717, 1.165) is 0 Å². The van der Waals surface area contributed by atoms with E-state index in [1.165, 1.54) is 11.3 Å². The molecule has 2 rings (SSSR count). The molecule has 0 aliphatic heterocycles. The molecule has 0 bridgehead atoms. The van der Waals surface area contributed by atoms with Gasteiger partial charge in [-0.25, -0.2) is 8.42 Å². The summed E-state index contributed by atoms with van der Waals surface area (Å²) >= 11 is 1.20. The fraction of sp³-hybridized carbons (Fsp3) is 0.182. The van der Waals surface area contributed by atoms with Crippen LogP contribution in [0.2, 0.25) is 0 Å². The summed E-state index contributed by atoms with van der Waals surface area (Å²) < 4.78 is 24.3. The largest absolute Gasteiger partial charge is 0.322 e. The van der Waals surface area contributed by atoms with Gasteiger partial charge in [-0.05, 0) is 23.6 Å². The fourth-order valence-electron chi connectivity index (χ4n) is 1.44. The second kappa shape index (κ2) is 4.95. The third kappa shape index (κ3) is 2.91. The van der Waals surface area contributed by atoms with Crippen LogP contribution in [0.5, 0.6) is 0 Å². The number of aromatic nitrogens is 1. The van der Waals surface area contributed by atoms with Gasteiger partial charge in [-0.1, -0.05) is 12.1 Å². The minimum atomic E-state index is -3.31. The molecule has 0 saturated heterocycles. The van der Waals surface area contributed by atoms with Gasteiger partial charge in [-0.3, -0.25) is 4.98 Å². The van der Waals surface area contributed by atoms with Crippen LogP contribution in [0.1, 0.15) is 11.7 Å². The van der Waals surface area contributed by atoms with Crippen LogP contribution < -0.4 is 5.73 Å². The lowest BCUT2D eigenvalue weighted by Crippen LogP contribution is -2.22. The molecule has 0 amide bonds. The average molecular weight is 268 g/mol. The summed E-state index contributed by atoms with van der Waals surface area (Å²) in [4.78, 5) is 4.06. The Morgan fingerprint density at radius 2 is 2.12 bits per heavy atom. The molecule has 0 aliphatic carbocycles. The molecule has 0 fully saturated rings. The molecule has 2 aromatic rings. The van der Waals surface area contributed by atoms with E-state index >= 15 is 0 Å². The van der Waals surface area contributed by atoms with Crippen molar-refractivity contribution in [3.63, 3.8) is 0 Å². The van der Waals surface area contributed by atoms with Gasteiger partial charge >= 0.3 is 0 Å². The van der Waals surface area contributed by atoms with Gasteiger partial charge in [0.2, 0.25) is 0 Å². The molecule has 0 spiro atoms. The van der Waals surface area contributed by atoms with Crippen LogP contribution in [0.3, 0.4) is 0 Å². The number of hydrogen-bond donors (Lipinski definition) is 1. The molecule has 90 valence electrons. The zero-order valence-electron chi connectivity index (χ0n) is 8.98. The lowest BCUT2D eigenvalue weighted by Gasteiger charge is -2.10. The Balaban J connectivity index is 2.17. The Labute approximate surface area is 104 Å². The van der Waals surface area contributed by atoms with Crippen molar-refractivity contribution in [2.24, 2.45) is 5.73 Å². The maximum absolute atomic E-state index is 12.0. The molecule has 2 aromatic heterocycles. The Kier molecular flexibility index (Phi) is 3.56. The smallest absolute Gasteiger partial charge is 0.189 e. The van der Waals surface area contributed by atoms with Crippen LogP contribution in [0, 0.1) is 0 Å². The summed E-state index contributed by atoms with van der Waals surface area (Å²) in [6, 6.07) is 8.00. The highest BCUT2D eigenvalue weighted by Crippen LogP contribution is 2.21. The molecule has 2 heterocycles. The molecule has 0 aromatic carbocycles. The van der Waals surface area contributed by atoms with E-state index < -0.39 is 15.9 Å². The summed E-state index contributed by atoms with van der Waals surface area (Å²) in [6.45, 7) is 0. The summed E-state index contributed by atoms with van der Waals surface area (Å²) in [5.74, 6) is -0.121. The molecule has 1 atom stereocenters. The Morgan fingerprint density at radius 3 is 2.71 bits per heavy atom. The van der Waals surface area contributed by atoms with Crippen molar-refractivity contribution >= 4 is 21.2 Å². The summed E-state index contributed by atoms with van der Waals surface area (Å²) in [5, 5.41) is 1.74. The quantitative estimate of drug-likeness (QED) is 0.914. The van der Waals surface area contributed by atoms with Crippen molar-refractivity contribution in [3.05, 3.63) is 47.6 Å². The SMILES string of the molecule is NC(CS(=O)(=O)c1cccs1)c1ccccn1. The van der Waals surface area contributed by atoms with E-state index in [2.05, 4.69) is 4.98 Å². The average Bonchev–Trinajstić information content (AvgIpc) is 2.84. The van der Waals surface area contributed by atoms with Crippen LogP contribution in [-0.2, 0) is 9.84 Å². The molecule has 17 heavy (non-hydrogen) atoms. The van der Waals surface area contributed by atoms with Crippen molar-refractivity contribution in [2.45, 2.75) is 10.3 Å². The highest BCUT2D eigenvalue weighted by Gasteiger charge is 2.21. The second-order valence-corrected chi connectivity index (χ2v) is 6.78. The molecule has 6 heteroatoms. The Hall–Kier alpha value is -1.24. The number of nitrogens with zero attached hydrogens (tertiary/aromatic N) is 1. The minimum absolute atomic E-state index is 0.121. The van der Waals surface area contributed by atoms with Crippen LogP contribution in [0.25, 0.3) is 0 Å². The van der Waals surface area contributed by atoms with E-state index in [4.69, 9.17) is 5.73 Å². The lowest BCUT2D eigenvalue weighted by molar-refractivity contribution is 0.589. The maximum Gasteiger partial charge on any atom is 0.189 e. The third-order valence-corrected chi connectivity index (χ3v) is 5.53.